The van der Waals surface area contributed by atoms with Gasteiger partial charge in [0.25, 0.3) is 15.8 Å². The molecule has 0 spiro atoms. The SMILES string of the molecule is CC(=O)Nc1ncc(S(=O)(=O)N2CCC[C@H](c3ccnc4ncnn34)C2)s1. The van der Waals surface area contributed by atoms with E-state index in [9.17, 15) is 13.2 Å². The maximum absolute atomic E-state index is 13.0. The van der Waals surface area contributed by atoms with Gasteiger partial charge in [0.2, 0.25) is 5.91 Å². The topological polar surface area (TPSA) is 122 Å². The third-order valence-electron chi connectivity index (χ3n) is 4.37. The Kier molecular flexibility index (Phi) is 4.61. The highest BCUT2D eigenvalue weighted by Gasteiger charge is 2.33. The van der Waals surface area contributed by atoms with Crippen molar-refractivity contribution in [3.05, 3.63) is 30.5 Å². The van der Waals surface area contributed by atoms with Crippen LogP contribution in [-0.2, 0) is 14.8 Å². The number of sulfonamides is 1. The maximum Gasteiger partial charge on any atom is 0.254 e. The van der Waals surface area contributed by atoms with Gasteiger partial charge < -0.3 is 5.32 Å². The van der Waals surface area contributed by atoms with Crippen LogP contribution in [0.4, 0.5) is 5.13 Å². The van der Waals surface area contributed by atoms with Gasteiger partial charge in [-0.3, -0.25) is 4.79 Å². The summed E-state index contributed by atoms with van der Waals surface area (Å²) >= 11 is 0.953. The van der Waals surface area contributed by atoms with E-state index in [4.69, 9.17) is 0 Å². The maximum atomic E-state index is 13.0. The molecule has 27 heavy (non-hydrogen) atoms. The summed E-state index contributed by atoms with van der Waals surface area (Å²) < 4.78 is 29.3. The molecule has 0 aliphatic carbocycles. The number of nitrogens with one attached hydrogen (secondary N) is 1. The van der Waals surface area contributed by atoms with Crippen LogP contribution in [0.2, 0.25) is 0 Å². The van der Waals surface area contributed by atoms with Gasteiger partial charge in [-0.25, -0.2) is 22.9 Å². The number of anilines is 1. The molecule has 10 nitrogen and oxygen atoms in total. The molecule has 0 saturated carbocycles. The summed E-state index contributed by atoms with van der Waals surface area (Å²) in [5.74, 6) is 0.194. The van der Waals surface area contributed by atoms with Crippen LogP contribution in [0.1, 0.15) is 31.4 Å². The predicted molar refractivity (Wildman–Crippen MR) is 97.9 cm³/mol. The second-order valence-corrected chi connectivity index (χ2v) is 9.40. The van der Waals surface area contributed by atoms with Crippen LogP contribution >= 0.6 is 11.3 Å². The molecule has 12 heteroatoms. The Balaban J connectivity index is 1.59. The molecule has 0 aromatic carbocycles. The first-order valence-corrected chi connectivity index (χ1v) is 10.6. The zero-order chi connectivity index (χ0) is 19.0. The molecule has 4 rings (SSSR count). The normalized spacial score (nSPS) is 18.6. The molecular formula is C15H17N7O3S2. The zero-order valence-electron chi connectivity index (χ0n) is 14.4. The molecular weight excluding hydrogens is 390 g/mol. The minimum Gasteiger partial charge on any atom is -0.302 e. The van der Waals surface area contributed by atoms with E-state index in [1.165, 1.54) is 23.8 Å². The van der Waals surface area contributed by atoms with Crippen LogP contribution in [0.3, 0.4) is 0 Å². The van der Waals surface area contributed by atoms with Crippen LogP contribution in [-0.4, -0.2) is 56.3 Å². The van der Waals surface area contributed by atoms with Crippen molar-refractivity contribution in [3.8, 4) is 0 Å². The average molecular weight is 407 g/mol. The van der Waals surface area contributed by atoms with Crippen molar-refractivity contribution in [1.82, 2.24) is 28.9 Å². The first-order chi connectivity index (χ1) is 12.9. The minimum atomic E-state index is -3.68. The Morgan fingerprint density at radius 1 is 1.33 bits per heavy atom. The number of carbonyl (C=O) groups excluding carboxylic acids is 1. The molecule has 3 aromatic rings. The summed E-state index contributed by atoms with van der Waals surface area (Å²) in [6.45, 7) is 2.14. The van der Waals surface area contributed by atoms with E-state index in [0.717, 1.165) is 29.9 Å². The van der Waals surface area contributed by atoms with Gasteiger partial charge in [-0.1, -0.05) is 11.3 Å². The van der Waals surface area contributed by atoms with Crippen molar-refractivity contribution in [2.75, 3.05) is 18.4 Å². The summed E-state index contributed by atoms with van der Waals surface area (Å²) in [6, 6.07) is 1.85. The summed E-state index contributed by atoms with van der Waals surface area (Å²) in [5.41, 5.74) is 0.889. The van der Waals surface area contributed by atoms with Gasteiger partial charge in [0.15, 0.2) is 9.34 Å². The number of rotatable bonds is 4. The van der Waals surface area contributed by atoms with Gasteiger partial charge in [0.1, 0.15) is 6.33 Å². The Morgan fingerprint density at radius 2 is 2.19 bits per heavy atom. The van der Waals surface area contributed by atoms with Gasteiger partial charge in [-0.15, -0.1) is 0 Å². The van der Waals surface area contributed by atoms with Crippen LogP contribution < -0.4 is 5.32 Å². The molecule has 142 valence electrons. The Labute approximate surface area is 159 Å². The molecule has 1 fully saturated rings. The number of amides is 1. The third-order valence-corrected chi connectivity index (χ3v) is 7.59. The minimum absolute atomic E-state index is 0.0107. The van der Waals surface area contributed by atoms with Crippen molar-refractivity contribution in [1.29, 1.82) is 0 Å². The molecule has 1 aliphatic heterocycles. The monoisotopic (exact) mass is 407 g/mol. The molecule has 0 bridgehead atoms. The molecule has 1 aliphatic rings. The average Bonchev–Trinajstić information content (AvgIpc) is 3.30. The number of piperidine rings is 1. The summed E-state index contributed by atoms with van der Waals surface area (Å²) in [5, 5.41) is 6.98. The van der Waals surface area contributed by atoms with Gasteiger partial charge in [0.05, 0.1) is 11.9 Å². The summed E-state index contributed by atoms with van der Waals surface area (Å²) in [7, 11) is -3.68. The van der Waals surface area contributed by atoms with Crippen molar-refractivity contribution in [2.24, 2.45) is 0 Å². The van der Waals surface area contributed by atoms with E-state index in [2.05, 4.69) is 25.4 Å². The van der Waals surface area contributed by atoms with Gasteiger partial charge >= 0.3 is 0 Å². The lowest BCUT2D eigenvalue weighted by Gasteiger charge is -2.31. The molecule has 0 unspecified atom stereocenters. The summed E-state index contributed by atoms with van der Waals surface area (Å²) in [6.07, 6.45) is 5.97. The van der Waals surface area contributed by atoms with Gasteiger partial charge in [-0.2, -0.15) is 14.4 Å². The second-order valence-electron chi connectivity index (χ2n) is 6.21. The first kappa shape index (κ1) is 17.9. The molecule has 1 saturated heterocycles. The van der Waals surface area contributed by atoms with Crippen molar-refractivity contribution < 1.29 is 13.2 Å². The standard InChI is InChI=1S/C15H17N7O3S2/c1-10(23)20-15-17-7-13(26-15)27(24,25)21-6-2-3-11(8-21)12-4-5-16-14-18-9-19-22(12)14/h4-5,7,9,11H,2-3,6,8H2,1H3,(H,17,20,23)/t11-/m0/s1. The number of hydrogen-bond donors (Lipinski definition) is 1. The quantitative estimate of drug-likeness (QED) is 0.687. The fourth-order valence-electron chi connectivity index (χ4n) is 3.18. The number of hydrogen-bond acceptors (Lipinski definition) is 8. The number of nitrogens with zero attached hydrogens (tertiary/aromatic N) is 6. The summed E-state index contributed by atoms with van der Waals surface area (Å²) in [4.78, 5) is 23.4. The number of carbonyl (C=O) groups is 1. The molecule has 1 amide bonds. The molecule has 1 N–H and O–H groups in total. The Morgan fingerprint density at radius 3 is 3.00 bits per heavy atom. The van der Waals surface area contributed by atoms with Crippen LogP contribution in [0.5, 0.6) is 0 Å². The largest absolute Gasteiger partial charge is 0.302 e. The van der Waals surface area contributed by atoms with Crippen LogP contribution in [0.25, 0.3) is 5.78 Å². The van der Waals surface area contributed by atoms with Crippen molar-refractivity contribution in [3.63, 3.8) is 0 Å². The smallest absolute Gasteiger partial charge is 0.254 e. The zero-order valence-corrected chi connectivity index (χ0v) is 16.1. The highest BCUT2D eigenvalue weighted by atomic mass is 32.2. The van der Waals surface area contributed by atoms with Gasteiger partial charge in [-0.05, 0) is 18.9 Å². The number of thiazole rings is 1. The Hall–Kier alpha value is -2.44. The fourth-order valence-corrected chi connectivity index (χ4v) is 5.94. The van der Waals surface area contributed by atoms with Gasteiger partial charge in [0, 0.05) is 32.1 Å². The molecule has 0 radical (unpaired) electrons. The van der Waals surface area contributed by atoms with E-state index < -0.39 is 10.0 Å². The third kappa shape index (κ3) is 3.42. The van der Waals surface area contributed by atoms with E-state index >= 15 is 0 Å². The van der Waals surface area contributed by atoms with E-state index in [1.807, 2.05) is 6.07 Å². The molecule has 1 atom stereocenters. The highest BCUT2D eigenvalue weighted by Crippen LogP contribution is 2.32. The molecule has 4 heterocycles. The lowest BCUT2D eigenvalue weighted by Crippen LogP contribution is -2.39. The Bertz CT molecular complexity index is 1090. The first-order valence-electron chi connectivity index (χ1n) is 8.33. The van der Waals surface area contributed by atoms with Crippen molar-refractivity contribution in [2.45, 2.75) is 29.9 Å². The highest BCUT2D eigenvalue weighted by molar-refractivity contribution is 7.91. The van der Waals surface area contributed by atoms with Crippen LogP contribution in [0, 0.1) is 0 Å². The van der Waals surface area contributed by atoms with E-state index in [1.54, 1.807) is 10.7 Å². The number of fused-ring (bicyclic) bond motifs is 1. The van der Waals surface area contributed by atoms with Crippen LogP contribution in [0.15, 0.2) is 29.0 Å². The van der Waals surface area contributed by atoms with Crippen molar-refractivity contribution >= 4 is 38.2 Å². The fraction of sp³-hybridized carbons (Fsp3) is 0.400. The van der Waals surface area contributed by atoms with E-state index in [0.29, 0.717) is 18.9 Å². The number of aromatic nitrogens is 5. The molecule has 3 aromatic heterocycles. The lowest BCUT2D eigenvalue weighted by molar-refractivity contribution is -0.114. The predicted octanol–water partition coefficient (Wildman–Crippen LogP) is 1.11. The lowest BCUT2D eigenvalue weighted by atomic mass is 9.96. The van der Waals surface area contributed by atoms with E-state index in [-0.39, 0.29) is 21.2 Å². The second kappa shape index (κ2) is 6.94.